The molecular formula is C13H15N5. The lowest BCUT2D eigenvalue weighted by molar-refractivity contribution is 0.443. The molecule has 0 aliphatic rings. The highest BCUT2D eigenvalue weighted by atomic mass is 15.3. The Balaban J connectivity index is 2.02. The van der Waals surface area contributed by atoms with Crippen molar-refractivity contribution in [3.8, 4) is 6.07 Å². The Hall–Kier alpha value is -2.35. The summed E-state index contributed by atoms with van der Waals surface area (Å²) >= 11 is 0. The van der Waals surface area contributed by atoms with Crippen molar-refractivity contribution in [1.29, 1.82) is 5.26 Å². The van der Waals surface area contributed by atoms with E-state index in [0.717, 1.165) is 5.82 Å². The molecule has 2 rings (SSSR count). The van der Waals surface area contributed by atoms with Crippen LogP contribution in [-0.4, -0.2) is 20.8 Å². The fourth-order valence-electron chi connectivity index (χ4n) is 1.65. The van der Waals surface area contributed by atoms with Crippen molar-refractivity contribution in [2.75, 3.05) is 5.32 Å². The van der Waals surface area contributed by atoms with Gasteiger partial charge in [-0.2, -0.15) is 10.4 Å². The zero-order valence-electron chi connectivity index (χ0n) is 10.4. The molecule has 2 heterocycles. The van der Waals surface area contributed by atoms with Gasteiger partial charge in [-0.1, -0.05) is 0 Å². The van der Waals surface area contributed by atoms with Gasteiger partial charge in [-0.3, -0.25) is 4.68 Å². The van der Waals surface area contributed by atoms with Gasteiger partial charge in [0.05, 0.1) is 11.6 Å². The number of aromatic nitrogens is 3. The Kier molecular flexibility index (Phi) is 3.58. The van der Waals surface area contributed by atoms with Gasteiger partial charge in [0.15, 0.2) is 0 Å². The Bertz CT molecular complexity index is 524. The van der Waals surface area contributed by atoms with E-state index < -0.39 is 0 Å². The Morgan fingerprint density at radius 1 is 1.39 bits per heavy atom. The van der Waals surface area contributed by atoms with Gasteiger partial charge in [-0.15, -0.1) is 0 Å². The number of anilines is 1. The second kappa shape index (κ2) is 5.32. The fraction of sp³-hybridized carbons (Fsp3) is 0.308. The number of hydrogen-bond donors (Lipinski definition) is 1. The van der Waals surface area contributed by atoms with Crippen molar-refractivity contribution in [3.63, 3.8) is 0 Å². The molecule has 0 fully saturated rings. The maximum atomic E-state index is 8.70. The summed E-state index contributed by atoms with van der Waals surface area (Å²) in [6.45, 7) is 4.17. The van der Waals surface area contributed by atoms with E-state index >= 15 is 0 Å². The predicted octanol–water partition coefficient (Wildman–Crippen LogP) is 2.21. The molecule has 2 aromatic rings. The third-order valence-electron chi connectivity index (χ3n) is 2.93. The number of hydrogen-bond acceptors (Lipinski definition) is 4. The van der Waals surface area contributed by atoms with Crippen LogP contribution < -0.4 is 5.32 Å². The van der Waals surface area contributed by atoms with Crippen molar-refractivity contribution in [2.45, 2.75) is 25.9 Å². The summed E-state index contributed by atoms with van der Waals surface area (Å²) in [5, 5.41) is 16.2. The van der Waals surface area contributed by atoms with Crippen molar-refractivity contribution in [3.05, 3.63) is 42.4 Å². The number of pyridine rings is 1. The zero-order valence-corrected chi connectivity index (χ0v) is 10.4. The van der Waals surface area contributed by atoms with E-state index in [1.54, 1.807) is 18.5 Å². The highest BCUT2D eigenvalue weighted by Crippen LogP contribution is 2.14. The number of nitriles is 1. The van der Waals surface area contributed by atoms with Crippen LogP contribution in [0.4, 0.5) is 5.82 Å². The minimum absolute atomic E-state index is 0.185. The average Bonchev–Trinajstić information content (AvgIpc) is 2.92. The van der Waals surface area contributed by atoms with Crippen LogP contribution in [0.3, 0.4) is 0 Å². The normalized spacial score (nSPS) is 13.6. The van der Waals surface area contributed by atoms with Crippen LogP contribution in [0, 0.1) is 11.3 Å². The molecule has 0 aliphatic carbocycles. The van der Waals surface area contributed by atoms with Crippen molar-refractivity contribution in [2.24, 2.45) is 0 Å². The topological polar surface area (TPSA) is 66.5 Å². The summed E-state index contributed by atoms with van der Waals surface area (Å²) in [6, 6.07) is 7.92. The van der Waals surface area contributed by atoms with Gasteiger partial charge in [-0.05, 0) is 32.0 Å². The van der Waals surface area contributed by atoms with Gasteiger partial charge < -0.3 is 5.32 Å². The van der Waals surface area contributed by atoms with E-state index in [4.69, 9.17) is 5.26 Å². The minimum atomic E-state index is 0.185. The van der Waals surface area contributed by atoms with E-state index in [9.17, 15) is 0 Å². The molecule has 0 amide bonds. The van der Waals surface area contributed by atoms with Crippen molar-refractivity contribution < 1.29 is 0 Å². The summed E-state index contributed by atoms with van der Waals surface area (Å²) in [4.78, 5) is 4.19. The molecule has 2 aromatic heterocycles. The molecule has 2 unspecified atom stereocenters. The molecule has 1 N–H and O–H groups in total. The first-order chi connectivity index (χ1) is 8.70. The molecule has 5 nitrogen and oxygen atoms in total. The summed E-state index contributed by atoms with van der Waals surface area (Å²) in [5.41, 5.74) is 0.563. The Labute approximate surface area is 106 Å². The van der Waals surface area contributed by atoms with Crippen LogP contribution in [0.1, 0.15) is 25.5 Å². The van der Waals surface area contributed by atoms with Crippen LogP contribution in [0.5, 0.6) is 0 Å². The third kappa shape index (κ3) is 2.66. The first-order valence-electron chi connectivity index (χ1n) is 5.82. The highest BCUT2D eigenvalue weighted by molar-refractivity contribution is 5.39. The van der Waals surface area contributed by atoms with Crippen LogP contribution in [0.15, 0.2) is 36.8 Å². The second-order valence-corrected chi connectivity index (χ2v) is 4.20. The van der Waals surface area contributed by atoms with Crippen LogP contribution in [-0.2, 0) is 0 Å². The summed E-state index contributed by atoms with van der Waals surface area (Å²) < 4.78 is 1.90. The highest BCUT2D eigenvalue weighted by Gasteiger charge is 2.14. The van der Waals surface area contributed by atoms with Crippen LogP contribution >= 0.6 is 0 Å². The standard InChI is InChI=1S/C13H15N5/c1-10(11(2)18-7-3-6-16-18)17-13-5-4-12(8-14)9-15-13/h3-7,9-11H,1-2H3,(H,15,17). The minimum Gasteiger partial charge on any atom is -0.365 e. The predicted molar refractivity (Wildman–Crippen MR) is 69.0 cm³/mol. The van der Waals surface area contributed by atoms with E-state index in [0.29, 0.717) is 5.56 Å². The summed E-state index contributed by atoms with van der Waals surface area (Å²) in [7, 11) is 0. The molecule has 0 spiro atoms. The molecule has 0 saturated carbocycles. The van der Waals surface area contributed by atoms with E-state index in [-0.39, 0.29) is 12.1 Å². The SMILES string of the molecule is CC(Nc1ccc(C#N)cn1)C(C)n1cccn1. The largest absolute Gasteiger partial charge is 0.365 e. The lowest BCUT2D eigenvalue weighted by Gasteiger charge is -2.22. The maximum absolute atomic E-state index is 8.70. The molecule has 0 aliphatic heterocycles. The molecule has 92 valence electrons. The number of rotatable bonds is 4. The van der Waals surface area contributed by atoms with E-state index in [2.05, 4.69) is 29.2 Å². The van der Waals surface area contributed by atoms with Gasteiger partial charge in [0.1, 0.15) is 11.9 Å². The van der Waals surface area contributed by atoms with Gasteiger partial charge in [0, 0.05) is 24.6 Å². The first-order valence-corrected chi connectivity index (χ1v) is 5.82. The van der Waals surface area contributed by atoms with Gasteiger partial charge in [0.2, 0.25) is 0 Å². The molecule has 18 heavy (non-hydrogen) atoms. The zero-order chi connectivity index (χ0) is 13.0. The fourth-order valence-corrected chi connectivity index (χ4v) is 1.65. The average molecular weight is 241 g/mol. The van der Waals surface area contributed by atoms with Gasteiger partial charge >= 0.3 is 0 Å². The van der Waals surface area contributed by atoms with E-state index in [1.807, 2.05) is 29.1 Å². The molecule has 0 radical (unpaired) electrons. The third-order valence-corrected chi connectivity index (χ3v) is 2.93. The molecule has 5 heteroatoms. The molecule has 2 atom stereocenters. The lowest BCUT2D eigenvalue weighted by Crippen LogP contribution is -2.27. The van der Waals surface area contributed by atoms with Crippen LogP contribution in [0.2, 0.25) is 0 Å². The molecular weight excluding hydrogens is 226 g/mol. The lowest BCUT2D eigenvalue weighted by atomic mass is 10.1. The first kappa shape index (κ1) is 12.1. The van der Waals surface area contributed by atoms with Gasteiger partial charge in [0.25, 0.3) is 0 Å². The number of nitrogens with one attached hydrogen (secondary N) is 1. The maximum Gasteiger partial charge on any atom is 0.126 e. The van der Waals surface area contributed by atoms with Crippen molar-refractivity contribution in [1.82, 2.24) is 14.8 Å². The summed E-state index contributed by atoms with van der Waals surface area (Å²) in [6.07, 6.45) is 5.27. The number of nitrogens with zero attached hydrogens (tertiary/aromatic N) is 4. The van der Waals surface area contributed by atoms with Gasteiger partial charge in [-0.25, -0.2) is 4.98 Å². The monoisotopic (exact) mass is 241 g/mol. The van der Waals surface area contributed by atoms with Crippen LogP contribution in [0.25, 0.3) is 0 Å². The Morgan fingerprint density at radius 2 is 2.22 bits per heavy atom. The van der Waals surface area contributed by atoms with E-state index in [1.165, 1.54) is 0 Å². The second-order valence-electron chi connectivity index (χ2n) is 4.20. The Morgan fingerprint density at radius 3 is 2.78 bits per heavy atom. The molecule has 0 aromatic carbocycles. The molecule has 0 bridgehead atoms. The molecule has 0 saturated heterocycles. The quantitative estimate of drug-likeness (QED) is 0.891. The van der Waals surface area contributed by atoms with Crippen molar-refractivity contribution >= 4 is 5.82 Å². The smallest absolute Gasteiger partial charge is 0.126 e. The summed E-state index contributed by atoms with van der Waals surface area (Å²) in [5.74, 6) is 0.764.